The van der Waals surface area contributed by atoms with Crippen molar-refractivity contribution in [1.29, 1.82) is 0 Å². The van der Waals surface area contributed by atoms with E-state index in [1.54, 1.807) is 29.2 Å². The molecule has 1 N–H and O–H groups in total. The number of carbonyl (C=O) groups is 2. The van der Waals surface area contributed by atoms with Crippen LogP contribution in [-0.2, 0) is 16.1 Å². The number of benzene rings is 2. The fraction of sp³-hybridized carbons (Fsp3) is 0.417. The molecule has 2 aromatic rings. The largest absolute Gasteiger partial charge is 0.351 e. The van der Waals surface area contributed by atoms with Gasteiger partial charge in [0.25, 0.3) is 0 Å². The van der Waals surface area contributed by atoms with Crippen LogP contribution in [-0.4, -0.2) is 28.6 Å². The highest BCUT2D eigenvalue weighted by Crippen LogP contribution is 2.27. The molecule has 160 valence electrons. The second kappa shape index (κ2) is 11.4. The van der Waals surface area contributed by atoms with E-state index in [0.717, 1.165) is 36.8 Å². The zero-order valence-corrected chi connectivity index (χ0v) is 18.5. The quantitative estimate of drug-likeness (QED) is 0.451. The van der Waals surface area contributed by atoms with Gasteiger partial charge in [0.1, 0.15) is 11.9 Å². The van der Waals surface area contributed by atoms with Crippen molar-refractivity contribution in [1.82, 2.24) is 10.2 Å². The van der Waals surface area contributed by atoms with E-state index in [1.165, 1.54) is 12.8 Å². The number of halogens is 2. The fourth-order valence-electron chi connectivity index (χ4n) is 4.00. The Kier molecular flexibility index (Phi) is 8.59. The number of carbonyl (C=O) groups excluding carboxylic acids is 2. The molecule has 1 aliphatic rings. The molecule has 0 saturated heterocycles. The van der Waals surface area contributed by atoms with Crippen molar-refractivity contribution in [3.63, 3.8) is 0 Å². The van der Waals surface area contributed by atoms with Gasteiger partial charge in [0.15, 0.2) is 0 Å². The van der Waals surface area contributed by atoms with Gasteiger partial charge in [-0.15, -0.1) is 11.6 Å². The van der Waals surface area contributed by atoms with Crippen LogP contribution in [0.4, 0.5) is 0 Å². The summed E-state index contributed by atoms with van der Waals surface area (Å²) in [5.41, 5.74) is 1.66. The van der Waals surface area contributed by atoms with Crippen molar-refractivity contribution in [2.24, 2.45) is 0 Å². The first-order valence-electron chi connectivity index (χ1n) is 10.5. The molecular weight excluding hydrogens is 419 g/mol. The second-order valence-corrected chi connectivity index (χ2v) is 8.50. The van der Waals surface area contributed by atoms with Crippen molar-refractivity contribution in [2.75, 3.05) is 5.88 Å². The highest BCUT2D eigenvalue weighted by Gasteiger charge is 2.32. The van der Waals surface area contributed by atoms with Gasteiger partial charge in [0, 0.05) is 17.6 Å². The van der Waals surface area contributed by atoms with E-state index < -0.39 is 6.04 Å². The van der Waals surface area contributed by atoms with E-state index in [9.17, 15) is 9.59 Å². The van der Waals surface area contributed by atoms with Gasteiger partial charge in [0.2, 0.25) is 11.8 Å². The van der Waals surface area contributed by atoms with Crippen LogP contribution < -0.4 is 5.32 Å². The van der Waals surface area contributed by atoms with E-state index in [1.807, 2.05) is 30.3 Å². The van der Waals surface area contributed by atoms with E-state index in [0.29, 0.717) is 11.6 Å². The maximum absolute atomic E-state index is 13.5. The third-order valence-electron chi connectivity index (χ3n) is 5.58. The van der Waals surface area contributed by atoms with Crippen molar-refractivity contribution in [3.8, 4) is 0 Å². The van der Waals surface area contributed by atoms with Crippen LogP contribution in [0.5, 0.6) is 0 Å². The Labute approximate surface area is 188 Å². The zero-order valence-electron chi connectivity index (χ0n) is 17.0. The molecule has 6 heteroatoms. The average molecular weight is 447 g/mol. The van der Waals surface area contributed by atoms with Gasteiger partial charge in [-0.2, -0.15) is 0 Å². The van der Waals surface area contributed by atoms with Crippen LogP contribution in [0.15, 0.2) is 54.6 Å². The van der Waals surface area contributed by atoms with Crippen LogP contribution in [0.25, 0.3) is 0 Å². The number of hydrogen-bond acceptors (Lipinski definition) is 2. The van der Waals surface area contributed by atoms with E-state index in [-0.39, 0.29) is 23.7 Å². The Morgan fingerprint density at radius 3 is 2.20 bits per heavy atom. The molecule has 0 heterocycles. The van der Waals surface area contributed by atoms with Crippen molar-refractivity contribution in [2.45, 2.75) is 57.2 Å². The molecule has 0 radical (unpaired) electrons. The predicted octanol–water partition coefficient (Wildman–Crippen LogP) is 5.49. The fourth-order valence-corrected chi connectivity index (χ4v) is 4.28. The Morgan fingerprint density at radius 1 is 0.967 bits per heavy atom. The number of amides is 2. The van der Waals surface area contributed by atoms with Gasteiger partial charge >= 0.3 is 0 Å². The minimum atomic E-state index is -0.767. The Hall–Kier alpha value is -2.04. The highest BCUT2D eigenvalue weighted by molar-refractivity contribution is 6.30. The first kappa shape index (κ1) is 22.6. The Morgan fingerprint density at radius 2 is 1.60 bits per heavy atom. The van der Waals surface area contributed by atoms with Gasteiger partial charge in [-0.1, -0.05) is 79.7 Å². The molecule has 0 bridgehead atoms. The lowest BCUT2D eigenvalue weighted by molar-refractivity contribution is -0.140. The summed E-state index contributed by atoms with van der Waals surface area (Å²) < 4.78 is 0. The molecule has 0 aliphatic heterocycles. The van der Waals surface area contributed by atoms with Crippen LogP contribution in [0, 0.1) is 0 Å². The first-order chi connectivity index (χ1) is 14.6. The minimum absolute atomic E-state index is 0.138. The van der Waals surface area contributed by atoms with Crippen molar-refractivity contribution >= 4 is 35.0 Å². The van der Waals surface area contributed by atoms with Gasteiger partial charge in [-0.3, -0.25) is 9.59 Å². The number of alkyl halides is 1. The maximum Gasteiger partial charge on any atom is 0.247 e. The molecule has 1 atom stereocenters. The summed E-state index contributed by atoms with van der Waals surface area (Å²) in [6.07, 6.45) is 6.59. The number of rotatable bonds is 7. The van der Waals surface area contributed by atoms with Crippen LogP contribution in [0.1, 0.15) is 55.7 Å². The SMILES string of the molecule is O=C(NC1CCCCCC1)[C@@H](c1ccc(Cl)cc1)N(Cc1ccccc1)C(=O)CCl. The lowest BCUT2D eigenvalue weighted by atomic mass is 10.0. The molecule has 2 aromatic carbocycles. The number of nitrogens with one attached hydrogen (secondary N) is 1. The molecule has 1 aliphatic carbocycles. The Balaban J connectivity index is 1.91. The highest BCUT2D eigenvalue weighted by atomic mass is 35.5. The van der Waals surface area contributed by atoms with E-state index >= 15 is 0 Å². The van der Waals surface area contributed by atoms with Gasteiger partial charge < -0.3 is 10.2 Å². The van der Waals surface area contributed by atoms with Crippen LogP contribution in [0.2, 0.25) is 5.02 Å². The summed E-state index contributed by atoms with van der Waals surface area (Å²) in [7, 11) is 0. The summed E-state index contributed by atoms with van der Waals surface area (Å²) in [6.45, 7) is 0.303. The molecule has 0 unspecified atom stereocenters. The Bertz CT molecular complexity index is 819. The predicted molar refractivity (Wildman–Crippen MR) is 122 cm³/mol. The molecule has 0 spiro atoms. The molecule has 4 nitrogen and oxygen atoms in total. The summed E-state index contributed by atoms with van der Waals surface area (Å²) in [5, 5.41) is 3.79. The third kappa shape index (κ3) is 6.23. The normalized spacial score (nSPS) is 15.8. The standard InChI is InChI=1S/C24H28Cl2N2O2/c25-16-22(29)28(17-18-8-4-3-5-9-18)23(19-12-14-20(26)15-13-19)24(30)27-21-10-6-1-2-7-11-21/h3-5,8-9,12-15,21,23H,1-2,6-7,10-11,16-17H2,(H,27,30)/t23-/m1/s1. The average Bonchev–Trinajstić information content (AvgIpc) is 3.03. The van der Waals surface area contributed by atoms with Crippen molar-refractivity contribution < 1.29 is 9.59 Å². The summed E-state index contributed by atoms with van der Waals surface area (Å²) in [4.78, 5) is 27.9. The lowest BCUT2D eigenvalue weighted by Gasteiger charge is -2.32. The van der Waals surface area contributed by atoms with Gasteiger partial charge in [-0.05, 0) is 36.1 Å². The monoisotopic (exact) mass is 446 g/mol. The molecular formula is C24H28Cl2N2O2. The van der Waals surface area contributed by atoms with Crippen LogP contribution in [0.3, 0.4) is 0 Å². The minimum Gasteiger partial charge on any atom is -0.351 e. The third-order valence-corrected chi connectivity index (χ3v) is 6.06. The topological polar surface area (TPSA) is 49.4 Å². The molecule has 1 saturated carbocycles. The summed E-state index contributed by atoms with van der Waals surface area (Å²) >= 11 is 12.0. The zero-order chi connectivity index (χ0) is 21.3. The summed E-state index contributed by atoms with van der Waals surface area (Å²) in [5.74, 6) is -0.636. The molecule has 3 rings (SSSR count). The van der Waals surface area contributed by atoms with Gasteiger partial charge in [0.05, 0.1) is 0 Å². The van der Waals surface area contributed by atoms with E-state index in [4.69, 9.17) is 23.2 Å². The van der Waals surface area contributed by atoms with Crippen LogP contribution >= 0.6 is 23.2 Å². The van der Waals surface area contributed by atoms with Gasteiger partial charge in [-0.25, -0.2) is 0 Å². The first-order valence-corrected chi connectivity index (χ1v) is 11.4. The molecule has 0 aromatic heterocycles. The number of nitrogens with zero attached hydrogens (tertiary/aromatic N) is 1. The maximum atomic E-state index is 13.5. The second-order valence-electron chi connectivity index (χ2n) is 7.79. The molecule has 30 heavy (non-hydrogen) atoms. The number of hydrogen-bond donors (Lipinski definition) is 1. The lowest BCUT2D eigenvalue weighted by Crippen LogP contribution is -2.46. The molecule has 1 fully saturated rings. The molecule has 2 amide bonds. The van der Waals surface area contributed by atoms with E-state index in [2.05, 4.69) is 5.32 Å². The summed E-state index contributed by atoms with van der Waals surface area (Å²) in [6, 6.07) is 16.1. The van der Waals surface area contributed by atoms with Crippen molar-refractivity contribution in [3.05, 3.63) is 70.7 Å². The smallest absolute Gasteiger partial charge is 0.247 e.